The second-order valence-electron chi connectivity index (χ2n) is 8.55. The van der Waals surface area contributed by atoms with E-state index in [2.05, 4.69) is 10.0 Å². The lowest BCUT2D eigenvalue weighted by Crippen LogP contribution is -2.55. The molecular formula is C22H25N5O6S. The summed E-state index contributed by atoms with van der Waals surface area (Å²) in [4.78, 5) is 27.0. The van der Waals surface area contributed by atoms with Crippen molar-refractivity contribution >= 4 is 44.7 Å². The normalized spacial score (nSPS) is 21.3. The average Bonchev–Trinajstić information content (AvgIpc) is 2.96. The van der Waals surface area contributed by atoms with Gasteiger partial charge in [-0.05, 0) is 55.8 Å². The van der Waals surface area contributed by atoms with Crippen LogP contribution in [0.15, 0.2) is 42.5 Å². The monoisotopic (exact) mass is 487 g/mol. The minimum atomic E-state index is -3.61. The predicted molar refractivity (Wildman–Crippen MR) is 126 cm³/mol. The summed E-state index contributed by atoms with van der Waals surface area (Å²) in [7, 11) is -3.61. The SMILES string of the molecule is CC1(C)c2ccc(N3CCO[C@H]([C@@H](O)C(=O)Nc4ccc(C(=N)N)cc4)C3=O)cc2NS1(=O)=O. The van der Waals surface area contributed by atoms with E-state index in [-0.39, 0.29) is 19.0 Å². The number of morpholine rings is 1. The van der Waals surface area contributed by atoms with Crippen LogP contribution in [-0.2, 0) is 29.1 Å². The first kappa shape index (κ1) is 23.7. The zero-order valence-electron chi connectivity index (χ0n) is 18.5. The predicted octanol–water partition coefficient (Wildman–Crippen LogP) is 0.692. The number of fused-ring (bicyclic) bond motifs is 1. The molecule has 2 aliphatic heterocycles. The molecule has 0 saturated carbocycles. The molecule has 4 rings (SSSR count). The number of ether oxygens (including phenoxy) is 1. The van der Waals surface area contributed by atoms with Gasteiger partial charge in [-0.15, -0.1) is 0 Å². The summed E-state index contributed by atoms with van der Waals surface area (Å²) in [6, 6.07) is 11.0. The standard InChI is InChI=1S/C22H25N5O6S/c1-22(2)15-8-7-14(11-16(15)26-34(22,31)32)27-9-10-33-18(21(27)30)17(28)20(29)25-13-5-3-12(4-6-13)19(23)24/h3-8,11,17-18,26,28H,9-10H2,1-2H3,(H3,23,24)(H,25,29)/t17-,18-/m1/s1. The summed E-state index contributed by atoms with van der Waals surface area (Å²) < 4.78 is 31.6. The number of nitrogens with two attached hydrogens (primary N) is 1. The van der Waals surface area contributed by atoms with E-state index in [1.54, 1.807) is 32.0 Å². The van der Waals surface area contributed by atoms with Gasteiger partial charge in [0.05, 0.1) is 12.3 Å². The molecular weight excluding hydrogens is 462 g/mol. The summed E-state index contributed by atoms with van der Waals surface area (Å²) in [5.74, 6) is -1.58. The Balaban J connectivity index is 1.50. The number of aliphatic hydroxyl groups is 1. The van der Waals surface area contributed by atoms with Gasteiger partial charge in [-0.2, -0.15) is 0 Å². The van der Waals surface area contributed by atoms with Crippen LogP contribution < -0.4 is 20.7 Å². The number of nitrogen functional groups attached to an aromatic ring is 1. The molecule has 34 heavy (non-hydrogen) atoms. The van der Waals surface area contributed by atoms with E-state index in [1.165, 1.54) is 29.2 Å². The number of nitrogens with zero attached hydrogens (tertiary/aromatic N) is 1. The highest BCUT2D eigenvalue weighted by molar-refractivity contribution is 7.94. The van der Waals surface area contributed by atoms with Crippen LogP contribution in [0.25, 0.3) is 0 Å². The van der Waals surface area contributed by atoms with Gasteiger partial charge in [-0.25, -0.2) is 8.42 Å². The Kier molecular flexibility index (Phi) is 5.84. The van der Waals surface area contributed by atoms with E-state index in [9.17, 15) is 23.1 Å². The second kappa shape index (κ2) is 8.38. The molecule has 0 spiro atoms. The Bertz CT molecular complexity index is 1280. The highest BCUT2D eigenvalue weighted by Gasteiger charge is 2.45. The lowest BCUT2D eigenvalue weighted by Gasteiger charge is -2.34. The Morgan fingerprint density at radius 1 is 1.29 bits per heavy atom. The van der Waals surface area contributed by atoms with Gasteiger partial charge < -0.3 is 25.8 Å². The Hall–Kier alpha value is -3.48. The Morgan fingerprint density at radius 3 is 2.62 bits per heavy atom. The molecule has 2 aliphatic rings. The third kappa shape index (κ3) is 4.00. The fraction of sp³-hybridized carbons (Fsp3) is 0.318. The van der Waals surface area contributed by atoms with Crippen molar-refractivity contribution in [2.24, 2.45) is 5.73 Å². The molecule has 2 atom stereocenters. The number of hydrogen-bond acceptors (Lipinski definition) is 7. The van der Waals surface area contributed by atoms with Crippen LogP contribution in [0.4, 0.5) is 17.1 Å². The third-order valence-electron chi connectivity index (χ3n) is 6.02. The maximum Gasteiger partial charge on any atom is 0.259 e. The van der Waals surface area contributed by atoms with Gasteiger partial charge in [0.2, 0.25) is 10.0 Å². The van der Waals surface area contributed by atoms with Gasteiger partial charge >= 0.3 is 0 Å². The zero-order chi connectivity index (χ0) is 24.8. The van der Waals surface area contributed by atoms with Crippen LogP contribution in [0, 0.1) is 5.41 Å². The molecule has 0 bridgehead atoms. The molecule has 0 radical (unpaired) electrons. The number of anilines is 3. The number of rotatable bonds is 5. The van der Waals surface area contributed by atoms with Crippen LogP contribution in [0.2, 0.25) is 0 Å². The molecule has 2 amide bonds. The summed E-state index contributed by atoms with van der Waals surface area (Å²) >= 11 is 0. The minimum Gasteiger partial charge on any atom is -0.384 e. The Labute approximate surface area is 196 Å². The molecule has 1 saturated heterocycles. The van der Waals surface area contributed by atoms with Crippen molar-refractivity contribution < 1.29 is 27.9 Å². The van der Waals surface area contributed by atoms with Gasteiger partial charge in [0.25, 0.3) is 11.8 Å². The molecule has 11 nitrogen and oxygen atoms in total. The number of benzene rings is 2. The molecule has 6 N–H and O–H groups in total. The van der Waals surface area contributed by atoms with E-state index in [0.717, 1.165) is 0 Å². The molecule has 2 aromatic carbocycles. The van der Waals surface area contributed by atoms with Crippen LogP contribution >= 0.6 is 0 Å². The lowest BCUT2D eigenvalue weighted by molar-refractivity contribution is -0.150. The first-order valence-electron chi connectivity index (χ1n) is 10.5. The van der Waals surface area contributed by atoms with Crippen LogP contribution in [0.5, 0.6) is 0 Å². The highest BCUT2D eigenvalue weighted by atomic mass is 32.2. The topological polar surface area (TPSA) is 175 Å². The fourth-order valence-corrected chi connectivity index (χ4v) is 5.08. The zero-order valence-corrected chi connectivity index (χ0v) is 19.3. The summed E-state index contributed by atoms with van der Waals surface area (Å²) in [5.41, 5.74) is 7.62. The van der Waals surface area contributed by atoms with Crippen LogP contribution in [0.3, 0.4) is 0 Å². The number of amidine groups is 1. The Morgan fingerprint density at radius 2 is 1.97 bits per heavy atom. The van der Waals surface area contributed by atoms with Gasteiger partial charge in [0, 0.05) is 23.5 Å². The highest BCUT2D eigenvalue weighted by Crippen LogP contribution is 2.43. The van der Waals surface area contributed by atoms with E-state index in [0.29, 0.717) is 28.2 Å². The van der Waals surface area contributed by atoms with E-state index >= 15 is 0 Å². The van der Waals surface area contributed by atoms with Crippen LogP contribution in [-0.4, -0.2) is 56.5 Å². The first-order chi connectivity index (χ1) is 15.9. The first-order valence-corrected chi connectivity index (χ1v) is 11.9. The van der Waals surface area contributed by atoms with Crippen molar-refractivity contribution in [3.63, 3.8) is 0 Å². The van der Waals surface area contributed by atoms with Crippen molar-refractivity contribution in [1.29, 1.82) is 5.41 Å². The van der Waals surface area contributed by atoms with Crippen molar-refractivity contribution in [1.82, 2.24) is 0 Å². The molecule has 12 heteroatoms. The van der Waals surface area contributed by atoms with E-state index < -0.39 is 38.8 Å². The molecule has 0 aliphatic carbocycles. The van der Waals surface area contributed by atoms with Crippen molar-refractivity contribution in [3.05, 3.63) is 53.6 Å². The van der Waals surface area contributed by atoms with Gasteiger partial charge in [0.15, 0.2) is 12.2 Å². The number of aliphatic hydroxyl groups excluding tert-OH is 1. The summed E-state index contributed by atoms with van der Waals surface area (Å²) in [6.45, 7) is 3.44. The van der Waals surface area contributed by atoms with Crippen molar-refractivity contribution in [2.45, 2.75) is 30.8 Å². The number of carbonyl (C=O) groups is 2. The maximum atomic E-state index is 13.1. The molecule has 1 fully saturated rings. The number of carbonyl (C=O) groups excluding carboxylic acids is 2. The average molecular weight is 488 g/mol. The number of nitrogens with one attached hydrogen (secondary N) is 3. The second-order valence-corrected chi connectivity index (χ2v) is 10.8. The van der Waals surface area contributed by atoms with Crippen molar-refractivity contribution in [2.75, 3.05) is 28.1 Å². The van der Waals surface area contributed by atoms with Crippen molar-refractivity contribution in [3.8, 4) is 0 Å². The van der Waals surface area contributed by atoms with E-state index in [4.69, 9.17) is 15.9 Å². The quantitative estimate of drug-likeness (QED) is 0.304. The fourth-order valence-electron chi connectivity index (χ4n) is 3.90. The molecule has 2 aromatic rings. The summed E-state index contributed by atoms with van der Waals surface area (Å²) in [6.07, 6.45) is -3.22. The molecule has 0 unspecified atom stereocenters. The summed E-state index contributed by atoms with van der Waals surface area (Å²) in [5, 5.41) is 20.4. The lowest BCUT2D eigenvalue weighted by atomic mass is 9.99. The van der Waals surface area contributed by atoms with Crippen LogP contribution in [0.1, 0.15) is 25.0 Å². The molecule has 0 aromatic heterocycles. The number of sulfonamides is 1. The number of amides is 2. The smallest absolute Gasteiger partial charge is 0.259 e. The number of hydrogen-bond donors (Lipinski definition) is 5. The van der Waals surface area contributed by atoms with Gasteiger partial charge in [-0.3, -0.25) is 19.7 Å². The van der Waals surface area contributed by atoms with Gasteiger partial charge in [-0.1, -0.05) is 6.07 Å². The molecule has 2 heterocycles. The minimum absolute atomic E-state index is 0.0718. The van der Waals surface area contributed by atoms with Gasteiger partial charge in [0.1, 0.15) is 10.6 Å². The molecule has 180 valence electrons. The largest absolute Gasteiger partial charge is 0.384 e. The third-order valence-corrected chi connectivity index (χ3v) is 8.07. The maximum absolute atomic E-state index is 13.1. The van der Waals surface area contributed by atoms with E-state index in [1.807, 2.05) is 0 Å².